The Balaban J connectivity index is 2.30. The first kappa shape index (κ1) is 17.2. The van der Waals surface area contributed by atoms with E-state index in [2.05, 4.69) is 0 Å². The second kappa shape index (κ2) is 6.14. The fourth-order valence-corrected chi connectivity index (χ4v) is 3.04. The third-order valence-electron chi connectivity index (χ3n) is 4.56. The van der Waals surface area contributed by atoms with E-state index in [1.54, 1.807) is 0 Å². The number of halogens is 2. The monoisotopic (exact) mass is 326 g/mol. The van der Waals surface area contributed by atoms with E-state index in [4.69, 9.17) is 10.5 Å². The molecule has 0 heterocycles. The van der Waals surface area contributed by atoms with Gasteiger partial charge in [0.2, 0.25) is 5.91 Å². The van der Waals surface area contributed by atoms with Gasteiger partial charge in [0.1, 0.15) is 11.3 Å². The van der Waals surface area contributed by atoms with Crippen molar-refractivity contribution in [2.75, 3.05) is 14.2 Å². The number of primary amides is 1. The molecule has 23 heavy (non-hydrogen) atoms. The molecule has 0 unspecified atom stereocenters. The van der Waals surface area contributed by atoms with Gasteiger partial charge in [-0.2, -0.15) is 8.78 Å². The molecule has 0 saturated heterocycles. The van der Waals surface area contributed by atoms with Crippen LogP contribution in [-0.4, -0.2) is 36.4 Å². The Morgan fingerprint density at radius 2 is 1.74 bits per heavy atom. The topological polar surface area (TPSA) is 72.6 Å². The lowest BCUT2D eigenvalue weighted by atomic mass is 9.93. The summed E-state index contributed by atoms with van der Waals surface area (Å²) >= 11 is 0. The maximum absolute atomic E-state index is 14.5. The second-order valence-corrected chi connectivity index (χ2v) is 5.77. The van der Waals surface area contributed by atoms with Gasteiger partial charge in [0.05, 0.1) is 7.11 Å². The van der Waals surface area contributed by atoms with Crippen molar-refractivity contribution in [2.24, 2.45) is 5.73 Å². The summed E-state index contributed by atoms with van der Waals surface area (Å²) in [7, 11) is 2.64. The molecule has 2 N–H and O–H groups in total. The molecule has 2 amide bonds. The molecular weight excluding hydrogens is 306 g/mol. The number of benzene rings is 1. The molecular formula is C16H20F2N2O3. The first-order valence-corrected chi connectivity index (χ1v) is 7.36. The quantitative estimate of drug-likeness (QED) is 0.900. The van der Waals surface area contributed by atoms with Gasteiger partial charge < -0.3 is 15.4 Å². The molecule has 0 aliphatic heterocycles. The Hall–Kier alpha value is -2.18. The lowest BCUT2D eigenvalue weighted by Gasteiger charge is -2.37. The molecule has 126 valence electrons. The summed E-state index contributed by atoms with van der Waals surface area (Å²) in [5.74, 6) is -5.50. The fourth-order valence-electron chi connectivity index (χ4n) is 3.04. The molecule has 1 aliphatic rings. The molecule has 0 bridgehead atoms. The van der Waals surface area contributed by atoms with Crippen molar-refractivity contribution in [1.29, 1.82) is 0 Å². The third kappa shape index (κ3) is 2.87. The standard InChI is InChI=1S/C16H20F2N2O3/c1-20(15(13(19)21)9-3-4-10-15)14(22)16(17,18)11-5-7-12(23-2)8-6-11/h5-8H,3-4,9-10H2,1-2H3,(H2,19,21). The summed E-state index contributed by atoms with van der Waals surface area (Å²) in [6.07, 6.45) is 1.97. The molecule has 1 fully saturated rings. The highest BCUT2D eigenvalue weighted by atomic mass is 19.3. The highest BCUT2D eigenvalue weighted by molar-refractivity contribution is 5.93. The van der Waals surface area contributed by atoms with Gasteiger partial charge in [0.25, 0.3) is 5.91 Å². The van der Waals surface area contributed by atoms with E-state index < -0.39 is 28.8 Å². The predicted molar refractivity (Wildman–Crippen MR) is 80.1 cm³/mol. The molecule has 1 aliphatic carbocycles. The van der Waals surface area contributed by atoms with Crippen molar-refractivity contribution in [1.82, 2.24) is 4.90 Å². The van der Waals surface area contributed by atoms with Gasteiger partial charge in [0.15, 0.2) is 0 Å². The molecule has 0 spiro atoms. The van der Waals surface area contributed by atoms with E-state index in [9.17, 15) is 18.4 Å². The van der Waals surface area contributed by atoms with E-state index in [1.807, 2.05) is 0 Å². The molecule has 0 atom stereocenters. The van der Waals surface area contributed by atoms with E-state index >= 15 is 0 Å². The summed E-state index contributed by atoms with van der Waals surface area (Å²) in [5.41, 5.74) is 3.62. The van der Waals surface area contributed by atoms with Gasteiger partial charge in [-0.05, 0) is 37.1 Å². The fraction of sp³-hybridized carbons (Fsp3) is 0.500. The van der Waals surface area contributed by atoms with E-state index in [0.717, 1.165) is 17.0 Å². The lowest BCUT2D eigenvalue weighted by Crippen LogP contribution is -2.59. The van der Waals surface area contributed by atoms with Gasteiger partial charge >= 0.3 is 5.92 Å². The second-order valence-electron chi connectivity index (χ2n) is 5.77. The number of hydrogen-bond donors (Lipinski definition) is 1. The zero-order valence-corrected chi connectivity index (χ0v) is 13.1. The summed E-state index contributed by atoms with van der Waals surface area (Å²) in [6.45, 7) is 0. The molecule has 0 aromatic heterocycles. The molecule has 1 aromatic rings. The first-order valence-electron chi connectivity index (χ1n) is 7.36. The average molecular weight is 326 g/mol. The number of likely N-dealkylation sites (N-methyl/N-ethyl adjacent to an activating group) is 1. The summed E-state index contributed by atoms with van der Waals surface area (Å²) in [5, 5.41) is 0. The third-order valence-corrected chi connectivity index (χ3v) is 4.56. The number of alkyl halides is 2. The smallest absolute Gasteiger partial charge is 0.349 e. The number of methoxy groups -OCH3 is 1. The first-order chi connectivity index (χ1) is 10.8. The molecule has 7 heteroatoms. The van der Waals surface area contributed by atoms with Crippen LogP contribution in [0, 0.1) is 0 Å². The maximum atomic E-state index is 14.5. The van der Waals surface area contributed by atoms with Crippen LogP contribution in [-0.2, 0) is 15.5 Å². The zero-order valence-electron chi connectivity index (χ0n) is 13.1. The normalized spacial score (nSPS) is 16.9. The van der Waals surface area contributed by atoms with Gasteiger partial charge in [0, 0.05) is 12.6 Å². The minimum atomic E-state index is -3.74. The van der Waals surface area contributed by atoms with Gasteiger partial charge in [-0.25, -0.2) is 0 Å². The van der Waals surface area contributed by atoms with Crippen LogP contribution in [0.5, 0.6) is 5.75 Å². The van der Waals surface area contributed by atoms with E-state index in [1.165, 1.54) is 26.3 Å². The van der Waals surface area contributed by atoms with E-state index in [-0.39, 0.29) is 0 Å². The summed E-state index contributed by atoms with van der Waals surface area (Å²) in [6, 6.07) is 4.98. The Bertz CT molecular complexity index is 596. The van der Waals surface area contributed by atoms with Crippen LogP contribution in [0.25, 0.3) is 0 Å². The Kier molecular flexibility index (Phi) is 4.58. The largest absolute Gasteiger partial charge is 0.497 e. The highest BCUT2D eigenvalue weighted by Gasteiger charge is 2.52. The van der Waals surface area contributed by atoms with Crippen LogP contribution in [0.4, 0.5) is 8.78 Å². The highest BCUT2D eigenvalue weighted by Crippen LogP contribution is 2.39. The Morgan fingerprint density at radius 3 is 2.17 bits per heavy atom. The number of ether oxygens (including phenoxy) is 1. The van der Waals surface area contributed by atoms with Crippen molar-refractivity contribution < 1.29 is 23.1 Å². The van der Waals surface area contributed by atoms with Crippen molar-refractivity contribution in [3.8, 4) is 5.75 Å². The van der Waals surface area contributed by atoms with Crippen LogP contribution in [0.2, 0.25) is 0 Å². The molecule has 1 aromatic carbocycles. The number of carbonyl (C=O) groups is 2. The van der Waals surface area contributed by atoms with Gasteiger partial charge in [-0.3, -0.25) is 9.59 Å². The minimum absolute atomic E-state index is 0.309. The number of hydrogen-bond acceptors (Lipinski definition) is 3. The SMILES string of the molecule is COc1ccc(C(F)(F)C(=O)N(C)C2(C(N)=O)CCCC2)cc1. The molecule has 2 rings (SSSR count). The summed E-state index contributed by atoms with van der Waals surface area (Å²) < 4.78 is 34.0. The van der Waals surface area contributed by atoms with Crippen LogP contribution < -0.4 is 10.5 Å². The van der Waals surface area contributed by atoms with Crippen molar-refractivity contribution in [3.63, 3.8) is 0 Å². The lowest BCUT2D eigenvalue weighted by molar-refractivity contribution is -0.166. The molecule has 0 radical (unpaired) electrons. The summed E-state index contributed by atoms with van der Waals surface area (Å²) in [4.78, 5) is 25.0. The van der Waals surface area contributed by atoms with Crippen LogP contribution in [0.1, 0.15) is 31.2 Å². The number of rotatable bonds is 5. The van der Waals surface area contributed by atoms with Crippen LogP contribution in [0.3, 0.4) is 0 Å². The Labute approximate surface area is 133 Å². The Morgan fingerprint density at radius 1 is 1.22 bits per heavy atom. The zero-order chi connectivity index (χ0) is 17.3. The molecule has 5 nitrogen and oxygen atoms in total. The van der Waals surface area contributed by atoms with Crippen LogP contribution >= 0.6 is 0 Å². The van der Waals surface area contributed by atoms with Crippen molar-refractivity contribution >= 4 is 11.8 Å². The number of nitrogens with zero attached hydrogens (tertiary/aromatic N) is 1. The number of nitrogens with two attached hydrogens (primary N) is 1. The van der Waals surface area contributed by atoms with E-state index in [0.29, 0.717) is 31.4 Å². The molecule has 1 saturated carbocycles. The van der Waals surface area contributed by atoms with Crippen molar-refractivity contribution in [3.05, 3.63) is 29.8 Å². The average Bonchev–Trinajstić information content (AvgIpc) is 3.04. The maximum Gasteiger partial charge on any atom is 0.349 e. The minimum Gasteiger partial charge on any atom is -0.497 e. The van der Waals surface area contributed by atoms with Crippen LogP contribution in [0.15, 0.2) is 24.3 Å². The van der Waals surface area contributed by atoms with Crippen molar-refractivity contribution in [2.45, 2.75) is 37.1 Å². The number of amides is 2. The van der Waals surface area contributed by atoms with Gasteiger partial charge in [-0.1, -0.05) is 12.8 Å². The van der Waals surface area contributed by atoms with Gasteiger partial charge in [-0.15, -0.1) is 0 Å². The number of carbonyl (C=O) groups excluding carboxylic acids is 2. The predicted octanol–water partition coefficient (Wildman–Crippen LogP) is 2.04.